The zero-order valence-corrected chi connectivity index (χ0v) is 16.3. The van der Waals surface area contributed by atoms with Crippen LogP contribution in [-0.4, -0.2) is 22.9 Å². The molecule has 2 rings (SSSR count). The lowest BCUT2D eigenvalue weighted by molar-refractivity contribution is -0.116. The van der Waals surface area contributed by atoms with Crippen molar-refractivity contribution in [2.45, 2.75) is 25.7 Å². The van der Waals surface area contributed by atoms with Crippen LogP contribution in [0.3, 0.4) is 0 Å². The average Bonchev–Trinajstić information content (AvgIpc) is 3.01. The van der Waals surface area contributed by atoms with E-state index < -0.39 is 0 Å². The van der Waals surface area contributed by atoms with Crippen molar-refractivity contribution in [2.75, 3.05) is 17.6 Å². The maximum Gasteiger partial charge on any atom is 0.253 e. The number of para-hydroxylation sites is 2. The summed E-state index contributed by atoms with van der Waals surface area (Å²) >= 11 is 0. The number of carbonyl (C=O) groups is 2. The van der Waals surface area contributed by atoms with Gasteiger partial charge in [0.1, 0.15) is 0 Å². The van der Waals surface area contributed by atoms with Crippen LogP contribution in [0.15, 0.2) is 43.6 Å². The van der Waals surface area contributed by atoms with Crippen molar-refractivity contribution >= 4 is 35.3 Å². The molecule has 0 fully saturated rings. The molecule has 6 heteroatoms. The number of benzene rings is 1. The highest BCUT2D eigenvalue weighted by Gasteiger charge is 2.15. The van der Waals surface area contributed by atoms with Crippen LogP contribution < -0.4 is 16.4 Å². The summed E-state index contributed by atoms with van der Waals surface area (Å²) in [6.45, 7) is 8.11. The largest absolute Gasteiger partial charge is 0.397 e. The highest BCUT2D eigenvalue weighted by molar-refractivity contribution is 5.99. The van der Waals surface area contributed by atoms with Gasteiger partial charge in [0.25, 0.3) is 5.91 Å². The summed E-state index contributed by atoms with van der Waals surface area (Å²) in [4.78, 5) is 24.4. The predicted molar refractivity (Wildman–Crippen MR) is 116 cm³/mol. The topological polar surface area (TPSA) is 89.2 Å². The van der Waals surface area contributed by atoms with Crippen LogP contribution >= 0.6 is 0 Å². The first-order valence-electron chi connectivity index (χ1n) is 9.34. The molecule has 1 aromatic carbocycles. The minimum atomic E-state index is -0.129. The Morgan fingerprint density at radius 1 is 1.14 bits per heavy atom. The SMILES string of the molecule is C=Cc1c(C(=O)NCCCCCC(=O)Nc2ccccc2N)cn(C)c1C=C. The number of nitrogen functional groups attached to an aromatic ring is 1. The zero-order chi connectivity index (χ0) is 20.5. The number of carbonyl (C=O) groups excluding carboxylic acids is 2. The molecule has 0 saturated carbocycles. The van der Waals surface area contributed by atoms with E-state index in [1.165, 1.54) is 0 Å². The van der Waals surface area contributed by atoms with Crippen LogP contribution in [0.4, 0.5) is 11.4 Å². The van der Waals surface area contributed by atoms with E-state index in [1.807, 2.05) is 23.7 Å². The molecular formula is C22H28N4O2. The summed E-state index contributed by atoms with van der Waals surface area (Å²) in [5, 5.41) is 5.74. The van der Waals surface area contributed by atoms with Gasteiger partial charge >= 0.3 is 0 Å². The molecule has 0 saturated heterocycles. The van der Waals surface area contributed by atoms with Crippen molar-refractivity contribution in [3.8, 4) is 0 Å². The maximum absolute atomic E-state index is 12.4. The smallest absolute Gasteiger partial charge is 0.253 e. The monoisotopic (exact) mass is 380 g/mol. The van der Waals surface area contributed by atoms with Gasteiger partial charge in [-0.05, 0) is 31.1 Å². The first kappa shape index (κ1) is 21.0. The van der Waals surface area contributed by atoms with Gasteiger partial charge in [0, 0.05) is 37.5 Å². The fourth-order valence-corrected chi connectivity index (χ4v) is 3.02. The molecule has 0 aliphatic carbocycles. The summed E-state index contributed by atoms with van der Waals surface area (Å²) in [6.07, 6.45) is 7.98. The minimum Gasteiger partial charge on any atom is -0.397 e. The molecule has 0 aliphatic rings. The molecule has 0 aliphatic heterocycles. The van der Waals surface area contributed by atoms with Crippen molar-refractivity contribution in [3.63, 3.8) is 0 Å². The van der Waals surface area contributed by atoms with E-state index in [9.17, 15) is 9.59 Å². The Hall–Kier alpha value is -3.28. The fourth-order valence-electron chi connectivity index (χ4n) is 3.02. The van der Waals surface area contributed by atoms with Gasteiger partial charge in [0.15, 0.2) is 0 Å². The number of nitrogens with two attached hydrogens (primary N) is 1. The number of rotatable bonds is 10. The number of nitrogens with one attached hydrogen (secondary N) is 2. The van der Waals surface area contributed by atoms with Crippen LogP contribution in [-0.2, 0) is 11.8 Å². The first-order chi connectivity index (χ1) is 13.5. The van der Waals surface area contributed by atoms with E-state index in [4.69, 9.17) is 5.73 Å². The number of hydrogen-bond acceptors (Lipinski definition) is 3. The lowest BCUT2D eigenvalue weighted by atomic mass is 10.1. The Labute approximate surface area is 166 Å². The zero-order valence-electron chi connectivity index (χ0n) is 16.3. The third-order valence-corrected chi connectivity index (χ3v) is 4.51. The molecule has 6 nitrogen and oxygen atoms in total. The molecule has 0 atom stereocenters. The van der Waals surface area contributed by atoms with Crippen LogP contribution in [0.1, 0.15) is 47.3 Å². The van der Waals surface area contributed by atoms with E-state index in [-0.39, 0.29) is 11.8 Å². The number of aromatic nitrogens is 1. The Bertz CT molecular complexity index is 867. The summed E-state index contributed by atoms with van der Waals surface area (Å²) in [6, 6.07) is 7.19. The third-order valence-electron chi connectivity index (χ3n) is 4.51. The molecule has 0 spiro atoms. The molecule has 2 aromatic rings. The van der Waals surface area contributed by atoms with Crippen molar-refractivity contribution < 1.29 is 9.59 Å². The second-order valence-electron chi connectivity index (χ2n) is 6.56. The van der Waals surface area contributed by atoms with Gasteiger partial charge < -0.3 is 20.9 Å². The van der Waals surface area contributed by atoms with E-state index in [2.05, 4.69) is 23.8 Å². The summed E-state index contributed by atoms with van der Waals surface area (Å²) in [5.41, 5.74) is 9.24. The van der Waals surface area contributed by atoms with Crippen molar-refractivity contribution in [1.82, 2.24) is 9.88 Å². The Balaban J connectivity index is 1.70. The summed E-state index contributed by atoms with van der Waals surface area (Å²) in [7, 11) is 1.87. The number of nitrogens with zero attached hydrogens (tertiary/aromatic N) is 1. The summed E-state index contributed by atoms with van der Waals surface area (Å²) < 4.78 is 1.86. The normalized spacial score (nSPS) is 10.3. The Morgan fingerprint density at radius 3 is 2.57 bits per heavy atom. The molecule has 28 heavy (non-hydrogen) atoms. The molecule has 1 aromatic heterocycles. The van der Waals surface area contributed by atoms with E-state index in [1.54, 1.807) is 30.5 Å². The second kappa shape index (κ2) is 10.2. The molecular weight excluding hydrogens is 352 g/mol. The standard InChI is InChI=1S/C22H28N4O2/c1-4-16-17(15-26(3)20(16)5-2)22(28)24-14-10-6-7-13-21(27)25-19-12-9-8-11-18(19)23/h4-5,8-9,11-12,15H,1-2,6-7,10,13-14,23H2,3H3,(H,24,28)(H,25,27). The van der Waals surface area contributed by atoms with Gasteiger partial charge in [-0.25, -0.2) is 0 Å². The molecule has 2 amide bonds. The van der Waals surface area contributed by atoms with Crippen molar-refractivity contribution in [2.24, 2.45) is 7.05 Å². The fraction of sp³-hybridized carbons (Fsp3) is 0.273. The second-order valence-corrected chi connectivity index (χ2v) is 6.56. The highest BCUT2D eigenvalue weighted by Crippen LogP contribution is 2.19. The van der Waals surface area contributed by atoms with Gasteiger partial charge in [-0.2, -0.15) is 0 Å². The molecule has 4 N–H and O–H groups in total. The quantitative estimate of drug-likeness (QED) is 0.432. The number of amides is 2. The van der Waals surface area contributed by atoms with E-state index in [0.29, 0.717) is 29.9 Å². The molecule has 148 valence electrons. The van der Waals surface area contributed by atoms with Crippen LogP contribution in [0.25, 0.3) is 12.2 Å². The van der Waals surface area contributed by atoms with Crippen molar-refractivity contribution in [3.05, 3.63) is 60.4 Å². The van der Waals surface area contributed by atoms with Crippen LogP contribution in [0.5, 0.6) is 0 Å². The van der Waals surface area contributed by atoms with Crippen LogP contribution in [0.2, 0.25) is 0 Å². The number of hydrogen-bond donors (Lipinski definition) is 3. The highest BCUT2D eigenvalue weighted by atomic mass is 16.2. The summed E-state index contributed by atoms with van der Waals surface area (Å²) in [5.74, 6) is -0.185. The minimum absolute atomic E-state index is 0.0567. The molecule has 0 bridgehead atoms. The van der Waals surface area contributed by atoms with Gasteiger partial charge in [0.2, 0.25) is 5.91 Å². The van der Waals surface area contributed by atoms with Gasteiger partial charge in [-0.3, -0.25) is 9.59 Å². The van der Waals surface area contributed by atoms with Gasteiger partial charge in [-0.1, -0.05) is 37.8 Å². The lowest BCUT2D eigenvalue weighted by Gasteiger charge is -2.08. The molecule has 1 heterocycles. The molecule has 0 radical (unpaired) electrons. The predicted octanol–water partition coefficient (Wildman–Crippen LogP) is 3.82. The Morgan fingerprint density at radius 2 is 1.89 bits per heavy atom. The maximum atomic E-state index is 12.4. The van der Waals surface area contributed by atoms with Gasteiger partial charge in [0.05, 0.1) is 16.9 Å². The number of anilines is 2. The number of unbranched alkanes of at least 4 members (excludes halogenated alkanes) is 2. The van der Waals surface area contributed by atoms with Crippen LogP contribution in [0, 0.1) is 0 Å². The third kappa shape index (κ3) is 5.36. The lowest BCUT2D eigenvalue weighted by Crippen LogP contribution is -2.24. The van der Waals surface area contributed by atoms with Gasteiger partial charge in [-0.15, -0.1) is 0 Å². The van der Waals surface area contributed by atoms with Crippen molar-refractivity contribution in [1.29, 1.82) is 0 Å². The average molecular weight is 380 g/mol. The number of aryl methyl sites for hydroxylation is 1. The molecule has 0 unspecified atom stereocenters. The first-order valence-corrected chi connectivity index (χ1v) is 9.34. The van der Waals surface area contributed by atoms with E-state index in [0.717, 1.165) is 30.5 Å². The van der Waals surface area contributed by atoms with E-state index >= 15 is 0 Å². The Kier molecular flexibility index (Phi) is 7.63.